The predicted octanol–water partition coefficient (Wildman–Crippen LogP) is 2.74. The van der Waals surface area contributed by atoms with E-state index < -0.39 is 0 Å². The Labute approximate surface area is 116 Å². The highest BCUT2D eigenvalue weighted by Gasteiger charge is 2.02. The van der Waals surface area contributed by atoms with E-state index >= 15 is 0 Å². The molecule has 19 heavy (non-hydrogen) atoms. The average molecular weight is 263 g/mol. The summed E-state index contributed by atoms with van der Waals surface area (Å²) < 4.78 is 0. The van der Waals surface area contributed by atoms with Crippen molar-refractivity contribution in [1.29, 1.82) is 0 Å². The minimum Gasteiger partial charge on any atom is -0.372 e. The molecule has 0 aliphatic carbocycles. The molecular formula is C15H25N3O. The molecule has 0 aliphatic heterocycles. The Balaban J connectivity index is 2.46. The summed E-state index contributed by atoms with van der Waals surface area (Å²) in [7, 11) is 0. The number of nitrogens with one attached hydrogen (secondary N) is 2. The molecule has 0 unspecified atom stereocenters. The van der Waals surface area contributed by atoms with Crippen LogP contribution in [0.15, 0.2) is 24.3 Å². The molecule has 0 fully saturated rings. The smallest absolute Gasteiger partial charge is 0.315 e. The van der Waals surface area contributed by atoms with Crippen molar-refractivity contribution in [3.63, 3.8) is 0 Å². The van der Waals surface area contributed by atoms with Crippen molar-refractivity contribution in [2.45, 2.75) is 33.7 Å². The number of carbonyl (C=O) groups excluding carboxylic acids is 1. The Kier molecular flexibility index (Phi) is 6.79. The lowest BCUT2D eigenvalue weighted by Crippen LogP contribution is -2.35. The Morgan fingerprint density at radius 2 is 1.68 bits per heavy atom. The first kappa shape index (κ1) is 15.3. The zero-order chi connectivity index (χ0) is 14.1. The largest absolute Gasteiger partial charge is 0.372 e. The monoisotopic (exact) mass is 263 g/mol. The summed E-state index contributed by atoms with van der Waals surface area (Å²) in [6.07, 6.45) is 0.950. The molecule has 0 aromatic heterocycles. The van der Waals surface area contributed by atoms with Crippen molar-refractivity contribution in [3.8, 4) is 0 Å². The molecule has 106 valence electrons. The topological polar surface area (TPSA) is 44.4 Å². The Hall–Kier alpha value is -1.71. The number of amides is 2. The van der Waals surface area contributed by atoms with Crippen molar-refractivity contribution in [2.75, 3.05) is 24.5 Å². The molecule has 2 amide bonds. The molecule has 0 radical (unpaired) electrons. The Morgan fingerprint density at radius 1 is 1.05 bits per heavy atom. The van der Waals surface area contributed by atoms with Gasteiger partial charge < -0.3 is 15.5 Å². The van der Waals surface area contributed by atoms with Crippen LogP contribution in [0.3, 0.4) is 0 Å². The predicted molar refractivity (Wildman–Crippen MR) is 80.5 cm³/mol. The highest BCUT2D eigenvalue weighted by molar-refractivity contribution is 5.73. The SMILES string of the molecule is CCCNC(=O)NCc1ccc(N(CC)CC)cc1. The lowest BCUT2D eigenvalue weighted by atomic mass is 10.2. The fourth-order valence-corrected chi connectivity index (χ4v) is 1.90. The number of benzene rings is 1. The number of anilines is 1. The van der Waals surface area contributed by atoms with Crippen molar-refractivity contribution in [1.82, 2.24) is 10.6 Å². The first-order valence-electron chi connectivity index (χ1n) is 7.06. The minimum atomic E-state index is -0.102. The minimum absolute atomic E-state index is 0.102. The third-order valence-electron chi connectivity index (χ3n) is 3.05. The summed E-state index contributed by atoms with van der Waals surface area (Å²) in [6, 6.07) is 8.23. The van der Waals surface area contributed by atoms with E-state index in [9.17, 15) is 4.79 Å². The number of rotatable bonds is 7. The summed E-state index contributed by atoms with van der Waals surface area (Å²) in [6.45, 7) is 9.63. The van der Waals surface area contributed by atoms with Gasteiger partial charge in [0.15, 0.2) is 0 Å². The second-order valence-electron chi connectivity index (χ2n) is 4.45. The molecule has 1 aromatic rings. The van der Waals surface area contributed by atoms with E-state index in [4.69, 9.17) is 0 Å². The third-order valence-corrected chi connectivity index (χ3v) is 3.05. The van der Waals surface area contributed by atoms with Crippen LogP contribution in [0.2, 0.25) is 0 Å². The maximum absolute atomic E-state index is 11.4. The molecule has 4 heteroatoms. The van der Waals surface area contributed by atoms with Crippen LogP contribution in [0.4, 0.5) is 10.5 Å². The quantitative estimate of drug-likeness (QED) is 0.794. The van der Waals surface area contributed by atoms with Crippen LogP contribution in [-0.2, 0) is 6.54 Å². The third kappa shape index (κ3) is 5.20. The van der Waals surface area contributed by atoms with Gasteiger partial charge in [-0.3, -0.25) is 0 Å². The normalized spacial score (nSPS) is 10.1. The molecule has 4 nitrogen and oxygen atoms in total. The summed E-state index contributed by atoms with van der Waals surface area (Å²) in [5, 5.41) is 5.64. The summed E-state index contributed by atoms with van der Waals surface area (Å²) in [5.74, 6) is 0. The van der Waals surface area contributed by atoms with Crippen LogP contribution in [0.25, 0.3) is 0 Å². The van der Waals surface area contributed by atoms with Gasteiger partial charge >= 0.3 is 6.03 Å². The van der Waals surface area contributed by atoms with Gasteiger partial charge in [-0.25, -0.2) is 4.79 Å². The van der Waals surface area contributed by atoms with Crippen molar-refractivity contribution in [3.05, 3.63) is 29.8 Å². The van der Waals surface area contributed by atoms with Gasteiger partial charge in [-0.1, -0.05) is 19.1 Å². The molecular weight excluding hydrogens is 238 g/mol. The van der Waals surface area contributed by atoms with E-state index in [-0.39, 0.29) is 6.03 Å². The summed E-state index contributed by atoms with van der Waals surface area (Å²) >= 11 is 0. The summed E-state index contributed by atoms with van der Waals surface area (Å²) in [4.78, 5) is 13.7. The fraction of sp³-hybridized carbons (Fsp3) is 0.533. The van der Waals surface area contributed by atoms with Crippen LogP contribution in [0, 0.1) is 0 Å². The van der Waals surface area contributed by atoms with Crippen LogP contribution in [-0.4, -0.2) is 25.7 Å². The number of urea groups is 1. The molecule has 1 aromatic carbocycles. The van der Waals surface area contributed by atoms with E-state index in [1.165, 1.54) is 5.69 Å². The maximum Gasteiger partial charge on any atom is 0.315 e. The van der Waals surface area contributed by atoms with Gasteiger partial charge in [0.2, 0.25) is 0 Å². The van der Waals surface area contributed by atoms with Crippen molar-refractivity contribution < 1.29 is 4.79 Å². The van der Waals surface area contributed by atoms with Gasteiger partial charge in [0.05, 0.1) is 0 Å². The highest BCUT2D eigenvalue weighted by atomic mass is 16.2. The molecule has 0 saturated carbocycles. The average Bonchev–Trinajstić information content (AvgIpc) is 2.45. The van der Waals surface area contributed by atoms with Gasteiger partial charge in [0.25, 0.3) is 0 Å². The molecule has 0 aliphatic rings. The zero-order valence-corrected chi connectivity index (χ0v) is 12.2. The molecule has 0 bridgehead atoms. The molecule has 0 heterocycles. The van der Waals surface area contributed by atoms with Gasteiger partial charge in [0, 0.05) is 31.9 Å². The second kappa shape index (κ2) is 8.40. The number of nitrogens with zero attached hydrogens (tertiary/aromatic N) is 1. The van der Waals surface area contributed by atoms with E-state index in [0.29, 0.717) is 13.1 Å². The van der Waals surface area contributed by atoms with E-state index in [0.717, 1.165) is 25.1 Å². The molecule has 1 rings (SSSR count). The van der Waals surface area contributed by atoms with Gasteiger partial charge in [-0.05, 0) is 38.0 Å². The fourth-order valence-electron chi connectivity index (χ4n) is 1.90. The highest BCUT2D eigenvalue weighted by Crippen LogP contribution is 2.14. The molecule has 0 saturated heterocycles. The number of hydrogen-bond acceptors (Lipinski definition) is 2. The molecule has 0 spiro atoms. The second-order valence-corrected chi connectivity index (χ2v) is 4.45. The first-order chi connectivity index (χ1) is 9.21. The lowest BCUT2D eigenvalue weighted by molar-refractivity contribution is 0.240. The van der Waals surface area contributed by atoms with Gasteiger partial charge in [-0.2, -0.15) is 0 Å². The van der Waals surface area contributed by atoms with Crippen LogP contribution >= 0.6 is 0 Å². The Morgan fingerprint density at radius 3 is 2.21 bits per heavy atom. The first-order valence-corrected chi connectivity index (χ1v) is 7.06. The van der Waals surface area contributed by atoms with Crippen LogP contribution in [0.1, 0.15) is 32.8 Å². The Bertz CT molecular complexity index is 371. The maximum atomic E-state index is 11.4. The molecule has 2 N–H and O–H groups in total. The van der Waals surface area contributed by atoms with E-state index in [2.05, 4.69) is 53.6 Å². The van der Waals surface area contributed by atoms with E-state index in [1.807, 2.05) is 6.92 Å². The standard InChI is InChI=1S/C15H25N3O/c1-4-11-16-15(19)17-12-13-7-9-14(10-8-13)18(5-2)6-3/h7-10H,4-6,11-12H2,1-3H3,(H2,16,17,19). The van der Waals surface area contributed by atoms with Crippen LogP contribution < -0.4 is 15.5 Å². The zero-order valence-electron chi connectivity index (χ0n) is 12.2. The lowest BCUT2D eigenvalue weighted by Gasteiger charge is -2.21. The van der Waals surface area contributed by atoms with E-state index in [1.54, 1.807) is 0 Å². The van der Waals surface area contributed by atoms with Crippen molar-refractivity contribution in [2.24, 2.45) is 0 Å². The van der Waals surface area contributed by atoms with Gasteiger partial charge in [-0.15, -0.1) is 0 Å². The number of hydrogen-bond donors (Lipinski definition) is 2. The summed E-state index contributed by atoms with van der Waals surface area (Å²) in [5.41, 5.74) is 2.34. The van der Waals surface area contributed by atoms with Crippen molar-refractivity contribution >= 4 is 11.7 Å². The van der Waals surface area contributed by atoms with Crippen LogP contribution in [0.5, 0.6) is 0 Å². The van der Waals surface area contributed by atoms with Gasteiger partial charge in [0.1, 0.15) is 0 Å². The number of carbonyl (C=O) groups is 1. The molecule has 0 atom stereocenters.